The summed E-state index contributed by atoms with van der Waals surface area (Å²) in [4.78, 5) is 34.8. The summed E-state index contributed by atoms with van der Waals surface area (Å²) in [6.45, 7) is 4.32. The van der Waals surface area contributed by atoms with Gasteiger partial charge in [-0.25, -0.2) is 4.57 Å². The van der Waals surface area contributed by atoms with Gasteiger partial charge < -0.3 is 29.7 Å². The lowest BCUT2D eigenvalue weighted by Gasteiger charge is -2.20. The first kappa shape index (κ1) is 50.6. The molecule has 12 heteroatoms. The van der Waals surface area contributed by atoms with Crippen LogP contribution in [0.15, 0.2) is 60.8 Å². The largest absolute Gasteiger partial charge is 0.472 e. The Morgan fingerprint density at radius 1 is 0.698 bits per heavy atom. The Morgan fingerprint density at radius 3 is 1.94 bits per heavy atom. The van der Waals surface area contributed by atoms with E-state index in [4.69, 9.17) is 19.1 Å². The minimum absolute atomic E-state index is 0.0861. The quantitative estimate of drug-likeness (QED) is 0.0160. The van der Waals surface area contributed by atoms with E-state index in [0.717, 1.165) is 44.4 Å². The molecule has 53 heavy (non-hydrogen) atoms. The number of hydrogen-bond donors (Lipinski definition) is 4. The van der Waals surface area contributed by atoms with E-state index in [2.05, 4.69) is 30.5 Å². The molecule has 11 nitrogen and oxygen atoms in total. The highest BCUT2D eigenvalue weighted by molar-refractivity contribution is 7.47. The van der Waals surface area contributed by atoms with E-state index in [-0.39, 0.29) is 19.4 Å². The van der Waals surface area contributed by atoms with Crippen LogP contribution in [0.1, 0.15) is 136 Å². The van der Waals surface area contributed by atoms with Crippen LogP contribution >= 0.6 is 7.82 Å². The lowest BCUT2D eigenvalue weighted by Crippen LogP contribution is -2.29. The number of aliphatic hydroxyl groups is 3. The van der Waals surface area contributed by atoms with Crippen molar-refractivity contribution in [1.29, 1.82) is 0 Å². The zero-order valence-corrected chi connectivity index (χ0v) is 33.6. The molecule has 306 valence electrons. The molecule has 0 aromatic heterocycles. The molecule has 4 atom stereocenters. The third-order valence-electron chi connectivity index (χ3n) is 7.94. The SMILES string of the molecule is CC/C=C\C(O)C/C=C/C=C\C/C=C\C/C=C\CCCC(=O)O[C@H](COC(=O)CCCCCCCCCCCC(C)C)COP(=O)(O)OC[C@@H](O)CO. The molecule has 0 bridgehead atoms. The molecule has 0 saturated heterocycles. The summed E-state index contributed by atoms with van der Waals surface area (Å²) < 4.78 is 32.5. The van der Waals surface area contributed by atoms with Crippen molar-refractivity contribution in [3.8, 4) is 0 Å². The third-order valence-corrected chi connectivity index (χ3v) is 8.89. The van der Waals surface area contributed by atoms with Crippen molar-refractivity contribution in [1.82, 2.24) is 0 Å². The van der Waals surface area contributed by atoms with Crippen LogP contribution in [-0.4, -0.2) is 76.9 Å². The highest BCUT2D eigenvalue weighted by atomic mass is 31.2. The smallest absolute Gasteiger partial charge is 0.462 e. The van der Waals surface area contributed by atoms with Crippen molar-refractivity contribution in [3.63, 3.8) is 0 Å². The number of carbonyl (C=O) groups is 2. The summed E-state index contributed by atoms with van der Waals surface area (Å²) in [5, 5.41) is 28.0. The maximum Gasteiger partial charge on any atom is 0.472 e. The molecule has 0 aliphatic heterocycles. The second-order valence-corrected chi connectivity index (χ2v) is 15.1. The van der Waals surface area contributed by atoms with Crippen LogP contribution in [-0.2, 0) is 32.7 Å². The molecule has 0 amide bonds. The van der Waals surface area contributed by atoms with E-state index in [1.807, 2.05) is 49.5 Å². The molecule has 0 aromatic carbocycles. The predicted octanol–water partition coefficient (Wildman–Crippen LogP) is 8.77. The number of allylic oxidation sites excluding steroid dienone is 8. The molecule has 0 spiro atoms. The molecule has 2 unspecified atom stereocenters. The van der Waals surface area contributed by atoms with Crippen molar-refractivity contribution >= 4 is 19.8 Å². The Hall–Kier alpha value is -2.37. The standard InChI is InChI=1S/C41H71O11P/c1-4-5-28-37(43)29-24-20-16-12-8-6-7-9-13-18-22-26-31-41(46)52-39(35-51-53(47,48)50-33-38(44)32-42)34-49-40(45)30-25-21-17-14-10-11-15-19-23-27-36(2)3/h5-7,12-13,16,18,20,24,28,36-39,42-44H,4,8-11,14-15,17,19,21-23,25-27,29-35H2,1-3H3,(H,47,48)/b7-6-,16-12-,18-13-,24-20+,28-5-/t37?,38-,39+/m0/s1. The van der Waals surface area contributed by atoms with Crippen LogP contribution in [0.3, 0.4) is 0 Å². The van der Waals surface area contributed by atoms with Crippen LogP contribution in [0, 0.1) is 5.92 Å². The Kier molecular flexibility index (Phi) is 33.8. The van der Waals surface area contributed by atoms with Gasteiger partial charge in [0, 0.05) is 12.8 Å². The Labute approximate surface area is 319 Å². The molecule has 0 aliphatic rings. The number of carbonyl (C=O) groups excluding carboxylic acids is 2. The molecular formula is C41H71O11P. The first-order valence-electron chi connectivity index (χ1n) is 19.7. The van der Waals surface area contributed by atoms with E-state index in [9.17, 15) is 29.3 Å². The number of phosphoric ester groups is 1. The summed E-state index contributed by atoms with van der Waals surface area (Å²) in [6.07, 6.45) is 32.7. The van der Waals surface area contributed by atoms with E-state index in [0.29, 0.717) is 25.7 Å². The van der Waals surface area contributed by atoms with E-state index in [1.165, 1.54) is 38.5 Å². The number of rotatable bonds is 35. The van der Waals surface area contributed by atoms with Crippen LogP contribution in [0.4, 0.5) is 0 Å². The molecule has 4 N–H and O–H groups in total. The van der Waals surface area contributed by atoms with Crippen LogP contribution in [0.5, 0.6) is 0 Å². The topological polar surface area (TPSA) is 169 Å². The minimum Gasteiger partial charge on any atom is -0.462 e. The number of esters is 2. The van der Waals surface area contributed by atoms with Crippen LogP contribution in [0.25, 0.3) is 0 Å². The van der Waals surface area contributed by atoms with Gasteiger partial charge in [0.05, 0.1) is 25.9 Å². The maximum absolute atomic E-state index is 12.5. The average molecular weight is 771 g/mol. The molecule has 0 heterocycles. The number of unbranched alkanes of at least 4 members (excludes halogenated alkanes) is 9. The lowest BCUT2D eigenvalue weighted by atomic mass is 10.0. The number of ether oxygens (including phenoxy) is 2. The zero-order valence-electron chi connectivity index (χ0n) is 32.7. The van der Waals surface area contributed by atoms with Gasteiger partial charge in [-0.2, -0.15) is 0 Å². The van der Waals surface area contributed by atoms with E-state index < -0.39 is 57.9 Å². The van der Waals surface area contributed by atoms with E-state index in [1.54, 1.807) is 6.08 Å². The summed E-state index contributed by atoms with van der Waals surface area (Å²) >= 11 is 0. The molecule has 0 rings (SSSR count). The molecule has 0 radical (unpaired) electrons. The fraction of sp³-hybridized carbons (Fsp3) is 0.707. The maximum atomic E-state index is 12.5. The van der Waals surface area contributed by atoms with E-state index >= 15 is 0 Å². The second-order valence-electron chi connectivity index (χ2n) is 13.6. The summed E-state index contributed by atoms with van der Waals surface area (Å²) in [7, 11) is -4.64. The minimum atomic E-state index is -4.64. The predicted molar refractivity (Wildman–Crippen MR) is 211 cm³/mol. The Balaban J connectivity index is 4.51. The lowest BCUT2D eigenvalue weighted by molar-refractivity contribution is -0.161. The van der Waals surface area contributed by atoms with Gasteiger partial charge >= 0.3 is 19.8 Å². The van der Waals surface area contributed by atoms with Gasteiger partial charge in [-0.05, 0) is 50.9 Å². The molecule has 0 saturated carbocycles. The van der Waals surface area contributed by atoms with Crippen molar-refractivity contribution in [2.75, 3.05) is 26.4 Å². The second kappa shape index (κ2) is 35.3. The van der Waals surface area contributed by atoms with Crippen molar-refractivity contribution in [2.24, 2.45) is 5.92 Å². The van der Waals surface area contributed by atoms with Gasteiger partial charge in [-0.15, -0.1) is 0 Å². The van der Waals surface area contributed by atoms with Gasteiger partial charge in [0.2, 0.25) is 0 Å². The Morgan fingerprint density at radius 2 is 1.28 bits per heavy atom. The van der Waals surface area contributed by atoms with Crippen molar-refractivity contribution < 1.29 is 52.9 Å². The zero-order chi connectivity index (χ0) is 39.4. The van der Waals surface area contributed by atoms with Crippen molar-refractivity contribution in [3.05, 3.63) is 60.8 Å². The van der Waals surface area contributed by atoms with Gasteiger partial charge in [-0.1, -0.05) is 139 Å². The number of phosphoric acid groups is 1. The van der Waals surface area contributed by atoms with Gasteiger partial charge in [0.15, 0.2) is 6.10 Å². The fourth-order valence-electron chi connectivity index (χ4n) is 4.88. The highest BCUT2D eigenvalue weighted by Crippen LogP contribution is 2.43. The normalized spacial score (nSPS) is 15.3. The van der Waals surface area contributed by atoms with Crippen LogP contribution < -0.4 is 0 Å². The Bertz CT molecular complexity index is 1100. The average Bonchev–Trinajstić information content (AvgIpc) is 3.12. The van der Waals surface area contributed by atoms with Gasteiger partial charge in [0.25, 0.3) is 0 Å². The van der Waals surface area contributed by atoms with Gasteiger partial charge in [-0.3, -0.25) is 18.6 Å². The summed E-state index contributed by atoms with van der Waals surface area (Å²) in [5.41, 5.74) is 0. The molecule has 0 aliphatic carbocycles. The summed E-state index contributed by atoms with van der Waals surface area (Å²) in [6, 6.07) is 0. The number of hydrogen-bond acceptors (Lipinski definition) is 10. The molecule has 0 aromatic rings. The van der Waals surface area contributed by atoms with Gasteiger partial charge in [0.1, 0.15) is 12.7 Å². The first-order chi connectivity index (χ1) is 25.5. The highest BCUT2D eigenvalue weighted by Gasteiger charge is 2.27. The van der Waals surface area contributed by atoms with Crippen LogP contribution in [0.2, 0.25) is 0 Å². The number of aliphatic hydroxyl groups excluding tert-OH is 3. The fourth-order valence-corrected chi connectivity index (χ4v) is 5.67. The first-order valence-corrected chi connectivity index (χ1v) is 21.2. The molecular weight excluding hydrogens is 699 g/mol. The monoisotopic (exact) mass is 770 g/mol. The third kappa shape index (κ3) is 36.4. The van der Waals surface area contributed by atoms with Crippen molar-refractivity contribution in [2.45, 2.75) is 155 Å². The summed E-state index contributed by atoms with van der Waals surface area (Å²) in [5.74, 6) is -0.255. The molecule has 0 fully saturated rings.